The van der Waals surface area contributed by atoms with Crippen molar-refractivity contribution in [2.75, 3.05) is 13.7 Å². The highest BCUT2D eigenvalue weighted by molar-refractivity contribution is 5.95. The summed E-state index contributed by atoms with van der Waals surface area (Å²) in [5.41, 5.74) is 1.84. The molecule has 0 aliphatic carbocycles. The molecule has 0 radical (unpaired) electrons. The van der Waals surface area contributed by atoms with Crippen LogP contribution >= 0.6 is 0 Å². The van der Waals surface area contributed by atoms with Gasteiger partial charge in [0.05, 0.1) is 25.5 Å². The normalized spacial score (nSPS) is 11.5. The summed E-state index contributed by atoms with van der Waals surface area (Å²) in [5, 5.41) is 3.82. The van der Waals surface area contributed by atoms with Gasteiger partial charge in [0.1, 0.15) is 0 Å². The summed E-state index contributed by atoms with van der Waals surface area (Å²) in [5.74, 6) is 0.411. The van der Waals surface area contributed by atoms with E-state index in [2.05, 4.69) is 17.5 Å². The molecule has 0 spiro atoms. The van der Waals surface area contributed by atoms with Crippen molar-refractivity contribution in [3.63, 3.8) is 0 Å². The Hall–Kier alpha value is -3.03. The molecule has 0 atom stereocenters. The van der Waals surface area contributed by atoms with E-state index in [1.165, 1.54) is 51.1 Å². The van der Waals surface area contributed by atoms with Crippen LogP contribution in [0.25, 0.3) is 0 Å². The Morgan fingerprint density at radius 2 is 1.78 bits per heavy atom. The van der Waals surface area contributed by atoms with Gasteiger partial charge in [-0.05, 0) is 48.4 Å². The Morgan fingerprint density at radius 3 is 2.50 bits per heavy atom. The molecule has 0 aromatic heterocycles. The van der Waals surface area contributed by atoms with Gasteiger partial charge in [-0.2, -0.15) is 18.3 Å². The van der Waals surface area contributed by atoms with Crippen LogP contribution < -0.4 is 14.9 Å². The highest BCUT2D eigenvalue weighted by Gasteiger charge is 2.30. The molecule has 0 heterocycles. The molecule has 0 bridgehead atoms. The number of nitrogens with one attached hydrogen (secondary N) is 1. The number of rotatable bonds is 12. The first-order valence-corrected chi connectivity index (χ1v) is 10.7. The highest BCUT2D eigenvalue weighted by atomic mass is 19.4. The van der Waals surface area contributed by atoms with E-state index in [0.29, 0.717) is 23.7 Å². The lowest BCUT2D eigenvalue weighted by Crippen LogP contribution is -2.18. The molecular formula is C24H29F3N2O3. The SMILES string of the molecule is CCCCCCCCOc1ccc(/C=N/NC(=O)c2cccc(C(F)(F)F)c2)cc1OC. The van der Waals surface area contributed by atoms with Crippen molar-refractivity contribution in [2.24, 2.45) is 5.10 Å². The number of ether oxygens (including phenoxy) is 2. The second kappa shape index (κ2) is 12.7. The summed E-state index contributed by atoms with van der Waals surface area (Å²) in [4.78, 5) is 12.1. The second-order valence-electron chi connectivity index (χ2n) is 7.30. The third kappa shape index (κ3) is 8.24. The standard InChI is InChI=1S/C24H29F3N2O3/c1-3-4-5-6-7-8-14-32-21-13-12-18(15-22(21)31-2)17-28-29-23(30)19-10-9-11-20(16-19)24(25,26)27/h9-13,15-17H,3-8,14H2,1-2H3,(H,29,30)/b28-17+. The number of nitrogens with zero attached hydrogens (tertiary/aromatic N) is 1. The van der Waals surface area contributed by atoms with Crippen LogP contribution in [-0.4, -0.2) is 25.8 Å². The molecule has 32 heavy (non-hydrogen) atoms. The Bertz CT molecular complexity index is 898. The van der Waals surface area contributed by atoms with E-state index in [9.17, 15) is 18.0 Å². The van der Waals surface area contributed by atoms with Gasteiger partial charge in [-0.25, -0.2) is 5.43 Å². The van der Waals surface area contributed by atoms with E-state index < -0.39 is 17.6 Å². The smallest absolute Gasteiger partial charge is 0.416 e. The third-order valence-corrected chi connectivity index (χ3v) is 4.77. The number of alkyl halides is 3. The Labute approximate surface area is 186 Å². The third-order valence-electron chi connectivity index (χ3n) is 4.77. The molecule has 1 amide bonds. The van der Waals surface area contributed by atoms with E-state index in [-0.39, 0.29) is 5.56 Å². The number of carbonyl (C=O) groups is 1. The number of amides is 1. The Kier molecular flexibility index (Phi) is 10.0. The van der Waals surface area contributed by atoms with Gasteiger partial charge in [-0.15, -0.1) is 0 Å². The summed E-state index contributed by atoms with van der Waals surface area (Å²) < 4.78 is 49.5. The van der Waals surface area contributed by atoms with Crippen molar-refractivity contribution in [1.82, 2.24) is 5.43 Å². The van der Waals surface area contributed by atoms with Crippen molar-refractivity contribution in [1.29, 1.82) is 0 Å². The van der Waals surface area contributed by atoms with Crippen molar-refractivity contribution >= 4 is 12.1 Å². The van der Waals surface area contributed by atoms with Crippen LogP contribution in [0.5, 0.6) is 11.5 Å². The molecule has 2 aromatic carbocycles. The maximum atomic E-state index is 12.8. The molecule has 0 unspecified atom stereocenters. The van der Waals surface area contributed by atoms with Gasteiger partial charge in [0.15, 0.2) is 11.5 Å². The molecule has 0 fully saturated rings. The van der Waals surface area contributed by atoms with Crippen LogP contribution in [-0.2, 0) is 6.18 Å². The van der Waals surface area contributed by atoms with E-state index in [1.54, 1.807) is 18.2 Å². The van der Waals surface area contributed by atoms with E-state index in [4.69, 9.17) is 9.47 Å². The number of hydrazone groups is 1. The van der Waals surface area contributed by atoms with Crippen molar-refractivity contribution < 1.29 is 27.4 Å². The van der Waals surface area contributed by atoms with Gasteiger partial charge in [0.2, 0.25) is 0 Å². The Balaban J connectivity index is 1.89. The molecular weight excluding hydrogens is 421 g/mol. The summed E-state index contributed by atoms with van der Waals surface area (Å²) in [6, 6.07) is 9.36. The van der Waals surface area contributed by atoms with E-state index >= 15 is 0 Å². The summed E-state index contributed by atoms with van der Waals surface area (Å²) in [6.07, 6.45) is 3.89. The largest absolute Gasteiger partial charge is 0.493 e. The molecule has 5 nitrogen and oxygen atoms in total. The average molecular weight is 451 g/mol. The topological polar surface area (TPSA) is 59.9 Å². The molecule has 8 heteroatoms. The van der Waals surface area contributed by atoms with Gasteiger partial charge in [0.25, 0.3) is 5.91 Å². The fourth-order valence-electron chi connectivity index (χ4n) is 3.01. The van der Waals surface area contributed by atoms with Crippen LogP contribution in [0.3, 0.4) is 0 Å². The zero-order valence-electron chi connectivity index (χ0n) is 18.4. The lowest BCUT2D eigenvalue weighted by molar-refractivity contribution is -0.137. The predicted molar refractivity (Wildman–Crippen MR) is 118 cm³/mol. The maximum Gasteiger partial charge on any atom is 0.416 e. The van der Waals surface area contributed by atoms with Crippen LogP contribution in [0.1, 0.15) is 66.9 Å². The zero-order valence-corrected chi connectivity index (χ0v) is 18.4. The van der Waals surface area contributed by atoms with Crippen molar-refractivity contribution in [3.05, 3.63) is 59.2 Å². The minimum absolute atomic E-state index is 0.131. The van der Waals surface area contributed by atoms with Crippen LogP contribution in [0, 0.1) is 0 Å². The molecule has 1 N–H and O–H groups in total. The number of methoxy groups -OCH3 is 1. The van der Waals surface area contributed by atoms with Crippen LogP contribution in [0.2, 0.25) is 0 Å². The van der Waals surface area contributed by atoms with Gasteiger partial charge in [-0.1, -0.05) is 45.1 Å². The van der Waals surface area contributed by atoms with Crippen LogP contribution in [0.4, 0.5) is 13.2 Å². The minimum atomic E-state index is -4.52. The first kappa shape index (κ1) is 25.2. The molecule has 2 aromatic rings. The van der Waals surface area contributed by atoms with Crippen molar-refractivity contribution in [3.8, 4) is 11.5 Å². The maximum absolute atomic E-state index is 12.8. The van der Waals surface area contributed by atoms with E-state index in [1.807, 2.05) is 0 Å². The fourth-order valence-corrected chi connectivity index (χ4v) is 3.01. The molecule has 2 rings (SSSR count). The van der Waals surface area contributed by atoms with Gasteiger partial charge in [-0.3, -0.25) is 4.79 Å². The summed E-state index contributed by atoms with van der Waals surface area (Å²) in [6.45, 7) is 2.79. The summed E-state index contributed by atoms with van der Waals surface area (Å²) >= 11 is 0. The molecule has 0 saturated heterocycles. The highest BCUT2D eigenvalue weighted by Crippen LogP contribution is 2.30. The molecule has 0 aliphatic heterocycles. The van der Waals surface area contributed by atoms with E-state index in [0.717, 1.165) is 25.0 Å². The summed E-state index contributed by atoms with van der Waals surface area (Å²) in [7, 11) is 1.53. The quantitative estimate of drug-likeness (QED) is 0.237. The Morgan fingerprint density at radius 1 is 1.03 bits per heavy atom. The number of benzene rings is 2. The average Bonchev–Trinajstić information content (AvgIpc) is 2.78. The van der Waals surface area contributed by atoms with Crippen LogP contribution in [0.15, 0.2) is 47.6 Å². The predicted octanol–water partition coefficient (Wildman–Crippen LogP) is 6.22. The number of hydrogen-bond donors (Lipinski definition) is 1. The van der Waals surface area contributed by atoms with Gasteiger partial charge < -0.3 is 9.47 Å². The zero-order chi connectivity index (χ0) is 23.4. The molecule has 0 aliphatic rings. The number of hydrogen-bond acceptors (Lipinski definition) is 4. The first-order chi connectivity index (χ1) is 15.3. The minimum Gasteiger partial charge on any atom is -0.493 e. The van der Waals surface area contributed by atoms with Gasteiger partial charge in [0, 0.05) is 5.56 Å². The monoisotopic (exact) mass is 450 g/mol. The number of halogens is 3. The molecule has 0 saturated carbocycles. The second-order valence-corrected chi connectivity index (χ2v) is 7.30. The fraction of sp³-hybridized carbons (Fsp3) is 0.417. The number of carbonyl (C=O) groups excluding carboxylic acids is 1. The van der Waals surface area contributed by atoms with Crippen molar-refractivity contribution in [2.45, 2.75) is 51.6 Å². The lowest BCUT2D eigenvalue weighted by atomic mass is 10.1. The first-order valence-electron chi connectivity index (χ1n) is 10.7. The molecule has 174 valence electrons. The van der Waals surface area contributed by atoms with Gasteiger partial charge >= 0.3 is 6.18 Å². The lowest BCUT2D eigenvalue weighted by Gasteiger charge is -2.11. The number of unbranched alkanes of at least 4 members (excludes halogenated alkanes) is 5.